The second kappa shape index (κ2) is 8.20. The highest BCUT2D eigenvalue weighted by Gasteiger charge is 2.20. The van der Waals surface area contributed by atoms with Gasteiger partial charge in [0.1, 0.15) is 0 Å². The van der Waals surface area contributed by atoms with Gasteiger partial charge in [-0.05, 0) is 45.9 Å². The smallest absolute Gasteiger partial charge is 0.262 e. The fourth-order valence-electron chi connectivity index (χ4n) is 3.56. The van der Waals surface area contributed by atoms with Gasteiger partial charge < -0.3 is 0 Å². The molecule has 0 atom stereocenters. The molecule has 0 fully saturated rings. The van der Waals surface area contributed by atoms with Crippen molar-refractivity contribution in [3.05, 3.63) is 69.2 Å². The predicted molar refractivity (Wildman–Crippen MR) is 122 cm³/mol. The second-order valence-corrected chi connectivity index (χ2v) is 9.14. The van der Waals surface area contributed by atoms with Gasteiger partial charge in [0.25, 0.3) is 5.56 Å². The fourth-order valence-corrected chi connectivity index (χ4v) is 5.32. The molecule has 0 saturated heterocycles. The van der Waals surface area contributed by atoms with Crippen molar-refractivity contribution >= 4 is 39.8 Å². The van der Waals surface area contributed by atoms with Crippen LogP contribution in [0.1, 0.15) is 41.6 Å². The van der Waals surface area contributed by atoms with Gasteiger partial charge in [-0.3, -0.25) is 18.7 Å². The van der Waals surface area contributed by atoms with Gasteiger partial charge in [-0.25, -0.2) is 9.97 Å². The van der Waals surface area contributed by atoms with Crippen LogP contribution in [-0.2, 0) is 0 Å². The number of hydrogen-bond acceptors (Lipinski definition) is 6. The zero-order valence-electron chi connectivity index (χ0n) is 17.2. The van der Waals surface area contributed by atoms with E-state index >= 15 is 0 Å². The lowest BCUT2D eigenvalue weighted by Crippen LogP contribution is -2.25. The summed E-state index contributed by atoms with van der Waals surface area (Å²) in [6.45, 7) is 7.81. The molecule has 0 amide bonds. The van der Waals surface area contributed by atoms with E-state index in [1.807, 2.05) is 61.9 Å². The lowest BCUT2D eigenvalue weighted by molar-refractivity contribution is 0.102. The number of ketones is 1. The normalized spacial score (nSPS) is 11.5. The van der Waals surface area contributed by atoms with Gasteiger partial charge in [-0.15, -0.1) is 11.3 Å². The average molecular weight is 439 g/mol. The minimum absolute atomic E-state index is 0.00798. The molecule has 3 aromatic heterocycles. The number of para-hydroxylation sites is 1. The minimum Gasteiger partial charge on any atom is -0.294 e. The summed E-state index contributed by atoms with van der Waals surface area (Å²) in [6.07, 6.45) is 1.76. The number of fused-ring (bicyclic) bond motifs is 1. The first-order chi connectivity index (χ1) is 14.4. The van der Waals surface area contributed by atoms with Crippen LogP contribution in [0.15, 0.2) is 51.9 Å². The first kappa shape index (κ1) is 20.6. The monoisotopic (exact) mass is 438 g/mol. The summed E-state index contributed by atoms with van der Waals surface area (Å²) in [5.41, 5.74) is 3.10. The predicted octanol–water partition coefficient (Wildman–Crippen LogP) is 4.82. The first-order valence-corrected chi connectivity index (χ1v) is 11.5. The molecule has 0 aliphatic carbocycles. The van der Waals surface area contributed by atoms with Crippen molar-refractivity contribution in [2.75, 3.05) is 5.75 Å². The molecule has 0 unspecified atom stereocenters. The Bertz CT molecular complexity index is 1290. The minimum atomic E-state index is -0.0764. The number of aromatic nitrogens is 4. The molecule has 0 aliphatic heterocycles. The zero-order chi connectivity index (χ0) is 21.4. The Kier molecular flexibility index (Phi) is 5.62. The standard InChI is InChI=1S/C22H22N4O2S2/c1-13(2)25-20(28)16-7-5-6-8-18(16)24-22(25)30-12-19(27)17-11-14(3)26(15(17)4)21-23-9-10-29-21/h5-11,13H,12H2,1-4H3. The van der Waals surface area contributed by atoms with Crippen LogP contribution in [0.5, 0.6) is 0 Å². The van der Waals surface area contributed by atoms with Crippen LogP contribution >= 0.6 is 23.1 Å². The van der Waals surface area contributed by atoms with E-state index in [9.17, 15) is 9.59 Å². The number of hydrogen-bond donors (Lipinski definition) is 0. The van der Waals surface area contributed by atoms with Crippen LogP contribution in [0.4, 0.5) is 0 Å². The van der Waals surface area contributed by atoms with Crippen molar-refractivity contribution in [1.29, 1.82) is 0 Å². The Balaban J connectivity index is 1.65. The van der Waals surface area contributed by atoms with Crippen LogP contribution in [0.25, 0.3) is 16.0 Å². The molecule has 0 spiro atoms. The maximum Gasteiger partial charge on any atom is 0.262 e. The Morgan fingerprint density at radius 1 is 1.23 bits per heavy atom. The van der Waals surface area contributed by atoms with E-state index in [1.54, 1.807) is 16.8 Å². The Morgan fingerprint density at radius 3 is 2.70 bits per heavy atom. The molecule has 3 heterocycles. The first-order valence-electron chi connectivity index (χ1n) is 9.64. The largest absolute Gasteiger partial charge is 0.294 e. The third-order valence-corrected chi connectivity index (χ3v) is 6.68. The average Bonchev–Trinajstić information content (AvgIpc) is 3.33. The number of aryl methyl sites for hydroxylation is 1. The molecule has 0 bridgehead atoms. The van der Waals surface area contributed by atoms with Gasteiger partial charge in [0, 0.05) is 34.6 Å². The van der Waals surface area contributed by atoms with Gasteiger partial charge in [0.2, 0.25) is 0 Å². The van der Waals surface area contributed by atoms with Crippen LogP contribution in [0, 0.1) is 13.8 Å². The number of carbonyl (C=O) groups is 1. The number of Topliss-reactive ketones (excluding diaryl/α,β-unsaturated/α-hetero) is 1. The molecule has 8 heteroatoms. The Hall–Kier alpha value is -2.71. The molecule has 0 aliphatic rings. The number of benzene rings is 1. The summed E-state index contributed by atoms with van der Waals surface area (Å²) >= 11 is 2.84. The van der Waals surface area contributed by atoms with Gasteiger partial charge in [-0.2, -0.15) is 0 Å². The molecule has 4 aromatic rings. The number of carbonyl (C=O) groups excluding carboxylic acids is 1. The van der Waals surface area contributed by atoms with Crippen molar-refractivity contribution in [2.45, 2.75) is 38.9 Å². The fraction of sp³-hybridized carbons (Fsp3) is 0.273. The molecule has 0 N–H and O–H groups in total. The van der Waals surface area contributed by atoms with Gasteiger partial charge >= 0.3 is 0 Å². The van der Waals surface area contributed by atoms with E-state index in [-0.39, 0.29) is 23.1 Å². The number of thioether (sulfide) groups is 1. The molecule has 0 saturated carbocycles. The summed E-state index contributed by atoms with van der Waals surface area (Å²) in [5.74, 6) is 0.216. The van der Waals surface area contributed by atoms with Crippen molar-refractivity contribution in [1.82, 2.24) is 19.1 Å². The number of thiazole rings is 1. The third kappa shape index (κ3) is 3.61. The maximum absolute atomic E-state index is 13.0. The van der Waals surface area contributed by atoms with E-state index in [0.29, 0.717) is 21.6 Å². The SMILES string of the molecule is Cc1cc(C(=O)CSc2nc3ccccc3c(=O)n2C(C)C)c(C)n1-c1nccs1. The van der Waals surface area contributed by atoms with Gasteiger partial charge in [0.15, 0.2) is 16.1 Å². The van der Waals surface area contributed by atoms with E-state index in [0.717, 1.165) is 16.5 Å². The lowest BCUT2D eigenvalue weighted by Gasteiger charge is -2.15. The topological polar surface area (TPSA) is 69.8 Å². The van der Waals surface area contributed by atoms with Gasteiger partial charge in [0.05, 0.1) is 16.7 Å². The van der Waals surface area contributed by atoms with Crippen LogP contribution in [0.2, 0.25) is 0 Å². The molecule has 154 valence electrons. The Labute approximate surface area is 182 Å². The van der Waals surface area contributed by atoms with Crippen LogP contribution in [0.3, 0.4) is 0 Å². The highest BCUT2D eigenvalue weighted by molar-refractivity contribution is 7.99. The Morgan fingerprint density at radius 2 is 2.00 bits per heavy atom. The van der Waals surface area contributed by atoms with Crippen molar-refractivity contribution in [2.24, 2.45) is 0 Å². The van der Waals surface area contributed by atoms with Crippen molar-refractivity contribution < 1.29 is 4.79 Å². The quantitative estimate of drug-likeness (QED) is 0.245. The van der Waals surface area contributed by atoms with Crippen molar-refractivity contribution in [3.8, 4) is 5.13 Å². The zero-order valence-corrected chi connectivity index (χ0v) is 18.9. The third-order valence-electron chi connectivity index (χ3n) is 4.97. The molecule has 6 nitrogen and oxygen atoms in total. The molecule has 30 heavy (non-hydrogen) atoms. The van der Waals surface area contributed by atoms with E-state index < -0.39 is 0 Å². The summed E-state index contributed by atoms with van der Waals surface area (Å²) in [4.78, 5) is 35.0. The van der Waals surface area contributed by atoms with Crippen LogP contribution < -0.4 is 5.56 Å². The molecule has 4 rings (SSSR count). The van der Waals surface area contributed by atoms with Crippen molar-refractivity contribution in [3.63, 3.8) is 0 Å². The molecular weight excluding hydrogens is 416 g/mol. The summed E-state index contributed by atoms with van der Waals surface area (Å²) in [5, 5.41) is 3.92. The summed E-state index contributed by atoms with van der Waals surface area (Å²) < 4.78 is 3.67. The second-order valence-electron chi connectivity index (χ2n) is 7.33. The summed E-state index contributed by atoms with van der Waals surface area (Å²) in [6, 6.07) is 9.17. The van der Waals surface area contributed by atoms with Crippen LogP contribution in [-0.4, -0.2) is 30.6 Å². The van der Waals surface area contributed by atoms with E-state index in [1.165, 1.54) is 23.1 Å². The van der Waals surface area contributed by atoms with E-state index in [2.05, 4.69) is 9.97 Å². The number of rotatable bonds is 6. The lowest BCUT2D eigenvalue weighted by atomic mass is 10.2. The molecular formula is C22H22N4O2S2. The number of nitrogens with zero attached hydrogens (tertiary/aromatic N) is 4. The van der Waals surface area contributed by atoms with Gasteiger partial charge in [-0.1, -0.05) is 23.9 Å². The highest BCUT2D eigenvalue weighted by atomic mass is 32.2. The highest BCUT2D eigenvalue weighted by Crippen LogP contribution is 2.26. The van der Waals surface area contributed by atoms with E-state index in [4.69, 9.17) is 0 Å². The molecule has 1 aromatic carbocycles. The molecule has 0 radical (unpaired) electrons. The summed E-state index contributed by atoms with van der Waals surface area (Å²) in [7, 11) is 0. The maximum atomic E-state index is 13.0.